The van der Waals surface area contributed by atoms with Gasteiger partial charge in [-0.25, -0.2) is 9.10 Å². The predicted molar refractivity (Wildman–Crippen MR) is 115 cm³/mol. The SMILES string of the molecule is CC(C)(C)c1ccc(C(=O)N(S)C(=O)Nc2cccc3ccc(O)cc23)cc1. The van der Waals surface area contributed by atoms with E-state index in [0.29, 0.717) is 16.6 Å². The molecule has 2 N–H and O–H groups in total. The number of anilines is 1. The first-order valence-electron chi connectivity index (χ1n) is 8.83. The van der Waals surface area contributed by atoms with Gasteiger partial charge in [-0.05, 0) is 46.7 Å². The van der Waals surface area contributed by atoms with Crippen molar-refractivity contribution >= 4 is 41.2 Å². The smallest absolute Gasteiger partial charge is 0.338 e. The molecule has 0 saturated heterocycles. The number of urea groups is 1. The fourth-order valence-corrected chi connectivity index (χ4v) is 3.03. The van der Waals surface area contributed by atoms with Gasteiger partial charge in [0.05, 0.1) is 5.69 Å². The Balaban J connectivity index is 1.79. The Kier molecular flexibility index (Phi) is 5.34. The van der Waals surface area contributed by atoms with E-state index >= 15 is 0 Å². The summed E-state index contributed by atoms with van der Waals surface area (Å²) in [4.78, 5) is 25.1. The molecule has 0 aliphatic rings. The van der Waals surface area contributed by atoms with Crippen LogP contribution in [-0.4, -0.2) is 21.4 Å². The average molecular weight is 394 g/mol. The van der Waals surface area contributed by atoms with Gasteiger partial charge < -0.3 is 10.4 Å². The van der Waals surface area contributed by atoms with Crippen LogP contribution in [0, 0.1) is 0 Å². The van der Waals surface area contributed by atoms with E-state index in [0.717, 1.165) is 15.3 Å². The lowest BCUT2D eigenvalue weighted by Crippen LogP contribution is -2.32. The summed E-state index contributed by atoms with van der Waals surface area (Å²) in [6.07, 6.45) is 0. The largest absolute Gasteiger partial charge is 0.508 e. The molecule has 144 valence electrons. The van der Waals surface area contributed by atoms with Crippen LogP contribution in [0.4, 0.5) is 10.5 Å². The van der Waals surface area contributed by atoms with Gasteiger partial charge in [0, 0.05) is 10.9 Å². The van der Waals surface area contributed by atoms with E-state index < -0.39 is 11.9 Å². The molecule has 0 saturated carbocycles. The maximum Gasteiger partial charge on any atom is 0.338 e. The Bertz CT molecular complexity index is 1040. The number of imide groups is 1. The van der Waals surface area contributed by atoms with Crippen LogP contribution in [0.25, 0.3) is 10.8 Å². The van der Waals surface area contributed by atoms with E-state index in [1.54, 1.807) is 42.5 Å². The normalized spacial score (nSPS) is 11.3. The molecule has 28 heavy (non-hydrogen) atoms. The minimum atomic E-state index is -0.677. The first-order chi connectivity index (χ1) is 13.2. The molecule has 0 aliphatic heterocycles. The summed E-state index contributed by atoms with van der Waals surface area (Å²) >= 11 is 4.08. The van der Waals surface area contributed by atoms with E-state index in [1.165, 1.54) is 0 Å². The molecule has 0 unspecified atom stereocenters. The molecule has 0 spiro atoms. The maximum absolute atomic E-state index is 12.6. The molecule has 0 bridgehead atoms. The summed E-state index contributed by atoms with van der Waals surface area (Å²) in [6.45, 7) is 6.26. The lowest BCUT2D eigenvalue weighted by atomic mass is 9.87. The van der Waals surface area contributed by atoms with Gasteiger partial charge in [0.15, 0.2) is 0 Å². The van der Waals surface area contributed by atoms with Crippen LogP contribution >= 0.6 is 12.8 Å². The number of phenols is 1. The van der Waals surface area contributed by atoms with Crippen LogP contribution in [-0.2, 0) is 5.41 Å². The van der Waals surface area contributed by atoms with Gasteiger partial charge in [-0.1, -0.05) is 63.9 Å². The quantitative estimate of drug-likeness (QED) is 0.512. The highest BCUT2D eigenvalue weighted by Gasteiger charge is 2.21. The van der Waals surface area contributed by atoms with Crippen LogP contribution in [0.3, 0.4) is 0 Å². The molecule has 0 aliphatic carbocycles. The number of fused-ring (bicyclic) bond motifs is 1. The molecule has 0 fully saturated rings. The monoisotopic (exact) mass is 394 g/mol. The van der Waals surface area contributed by atoms with Crippen molar-refractivity contribution in [2.45, 2.75) is 26.2 Å². The van der Waals surface area contributed by atoms with Crippen LogP contribution < -0.4 is 5.32 Å². The van der Waals surface area contributed by atoms with Crippen LogP contribution in [0.5, 0.6) is 5.75 Å². The summed E-state index contributed by atoms with van der Waals surface area (Å²) < 4.78 is 0.744. The van der Waals surface area contributed by atoms with Crippen molar-refractivity contribution in [1.82, 2.24) is 4.31 Å². The highest BCUT2D eigenvalue weighted by atomic mass is 32.1. The van der Waals surface area contributed by atoms with Crippen LogP contribution in [0.1, 0.15) is 36.7 Å². The molecule has 3 aromatic carbocycles. The number of nitrogens with one attached hydrogen (secondary N) is 1. The average Bonchev–Trinajstić information content (AvgIpc) is 2.66. The molecular formula is C22H22N2O3S. The van der Waals surface area contributed by atoms with Crippen molar-refractivity contribution in [3.05, 3.63) is 71.8 Å². The minimum absolute atomic E-state index is 0.0282. The Morgan fingerprint density at radius 1 is 1.00 bits per heavy atom. The summed E-state index contributed by atoms with van der Waals surface area (Å²) in [5.74, 6) is -0.434. The zero-order chi connectivity index (χ0) is 20.5. The number of hydrogen-bond donors (Lipinski definition) is 3. The molecule has 0 atom stereocenters. The maximum atomic E-state index is 12.6. The number of benzene rings is 3. The highest BCUT2D eigenvalue weighted by Crippen LogP contribution is 2.27. The number of aromatic hydroxyl groups is 1. The summed E-state index contributed by atoms with van der Waals surface area (Å²) in [6, 6.07) is 16.7. The molecule has 0 radical (unpaired) electrons. The van der Waals surface area contributed by atoms with E-state index in [-0.39, 0.29) is 11.2 Å². The zero-order valence-corrected chi connectivity index (χ0v) is 16.8. The molecular weight excluding hydrogens is 372 g/mol. The van der Waals surface area contributed by atoms with Crippen molar-refractivity contribution in [3.8, 4) is 5.75 Å². The van der Waals surface area contributed by atoms with Crippen molar-refractivity contribution in [2.24, 2.45) is 0 Å². The number of rotatable bonds is 2. The topological polar surface area (TPSA) is 69.6 Å². The van der Waals surface area contributed by atoms with E-state index in [2.05, 4.69) is 38.9 Å². The van der Waals surface area contributed by atoms with Gasteiger partial charge in [0.25, 0.3) is 5.91 Å². The second kappa shape index (κ2) is 7.56. The number of hydrogen-bond acceptors (Lipinski definition) is 4. The third-order valence-corrected chi connectivity index (χ3v) is 4.85. The number of carbonyl (C=O) groups is 2. The third-order valence-electron chi connectivity index (χ3n) is 4.49. The van der Waals surface area contributed by atoms with Crippen LogP contribution in [0.2, 0.25) is 0 Å². The number of phenolic OH excluding ortho intramolecular Hbond substituents is 1. The second-order valence-corrected chi connectivity index (χ2v) is 7.99. The van der Waals surface area contributed by atoms with Gasteiger partial charge in [-0.3, -0.25) is 4.79 Å². The van der Waals surface area contributed by atoms with E-state index in [1.807, 2.05) is 18.2 Å². The Hall–Kier alpha value is -2.99. The van der Waals surface area contributed by atoms with Crippen molar-refractivity contribution in [3.63, 3.8) is 0 Å². The Morgan fingerprint density at radius 3 is 2.32 bits per heavy atom. The number of amides is 3. The fourth-order valence-electron chi connectivity index (χ4n) is 2.87. The summed E-state index contributed by atoms with van der Waals surface area (Å²) in [7, 11) is 0. The second-order valence-electron chi connectivity index (χ2n) is 7.59. The molecule has 5 nitrogen and oxygen atoms in total. The zero-order valence-electron chi connectivity index (χ0n) is 15.9. The Morgan fingerprint density at radius 2 is 1.68 bits per heavy atom. The molecule has 3 amide bonds. The van der Waals surface area contributed by atoms with Gasteiger partial charge in [-0.2, -0.15) is 0 Å². The lowest BCUT2D eigenvalue weighted by Gasteiger charge is -2.20. The molecule has 3 aromatic rings. The fraction of sp³-hybridized carbons (Fsp3) is 0.182. The summed E-state index contributed by atoms with van der Waals surface area (Å²) in [5.41, 5.74) is 1.91. The van der Waals surface area contributed by atoms with E-state index in [4.69, 9.17) is 0 Å². The van der Waals surface area contributed by atoms with Crippen molar-refractivity contribution < 1.29 is 14.7 Å². The number of carbonyl (C=O) groups excluding carboxylic acids is 2. The first kappa shape index (κ1) is 19.8. The van der Waals surface area contributed by atoms with E-state index in [9.17, 15) is 14.7 Å². The van der Waals surface area contributed by atoms with Gasteiger partial charge in [0.2, 0.25) is 0 Å². The van der Waals surface area contributed by atoms with Gasteiger partial charge in [-0.15, -0.1) is 0 Å². The molecule has 3 rings (SSSR count). The number of nitrogens with zero attached hydrogens (tertiary/aromatic N) is 1. The molecule has 0 heterocycles. The lowest BCUT2D eigenvalue weighted by molar-refractivity contribution is 0.0901. The standard InChI is InChI=1S/C22H22N2O3S/c1-22(2,3)16-10-7-15(8-11-16)20(26)24(28)21(27)23-19-6-4-5-14-9-12-17(25)13-18(14)19/h4-13,25,28H,1-3H3,(H,23,27). The first-order valence-corrected chi connectivity index (χ1v) is 9.23. The van der Waals surface area contributed by atoms with Crippen LogP contribution in [0.15, 0.2) is 60.7 Å². The number of thiol groups is 1. The Labute approximate surface area is 169 Å². The predicted octanol–water partition coefficient (Wildman–Crippen LogP) is 5.36. The highest BCUT2D eigenvalue weighted by molar-refractivity contribution is 7.79. The minimum Gasteiger partial charge on any atom is -0.508 e. The molecule has 0 aromatic heterocycles. The van der Waals surface area contributed by atoms with Crippen molar-refractivity contribution in [1.29, 1.82) is 0 Å². The molecule has 6 heteroatoms. The summed E-state index contributed by atoms with van der Waals surface area (Å²) in [5, 5.41) is 13.9. The van der Waals surface area contributed by atoms with Gasteiger partial charge in [0.1, 0.15) is 5.75 Å². The van der Waals surface area contributed by atoms with Gasteiger partial charge >= 0.3 is 6.03 Å². The van der Waals surface area contributed by atoms with Crippen molar-refractivity contribution in [2.75, 3.05) is 5.32 Å². The third kappa shape index (κ3) is 4.12.